The van der Waals surface area contributed by atoms with Crippen molar-refractivity contribution in [2.45, 2.75) is 11.5 Å². The van der Waals surface area contributed by atoms with E-state index in [1.54, 1.807) is 18.2 Å². The molecule has 0 aliphatic carbocycles. The molecule has 0 amide bonds. The van der Waals surface area contributed by atoms with Crippen LogP contribution in [0.4, 0.5) is 0 Å². The smallest absolute Gasteiger partial charge is 0.261 e. The van der Waals surface area contributed by atoms with E-state index in [0.717, 1.165) is 0 Å². The maximum absolute atomic E-state index is 11.2. The van der Waals surface area contributed by atoms with Gasteiger partial charge in [0.1, 0.15) is 12.4 Å². The number of benzene rings is 2. The first-order valence-corrected chi connectivity index (χ1v) is 9.45. The van der Waals surface area contributed by atoms with Crippen molar-refractivity contribution in [3.05, 3.63) is 56.5 Å². The van der Waals surface area contributed by atoms with Gasteiger partial charge in [0.2, 0.25) is 0 Å². The maximum Gasteiger partial charge on any atom is 0.261 e. The first kappa shape index (κ1) is 16.9. The summed E-state index contributed by atoms with van der Waals surface area (Å²) in [4.78, 5) is -0.0147. The zero-order chi connectivity index (χ0) is 15.6. The molecule has 2 aromatic carbocycles. The van der Waals surface area contributed by atoms with Gasteiger partial charge in [-0.1, -0.05) is 29.3 Å². The Hall–Kier alpha value is -0.460. The molecule has 0 spiro atoms. The summed E-state index contributed by atoms with van der Waals surface area (Å²) >= 11 is 15.3. The average Bonchev–Trinajstić information content (AvgIpc) is 2.38. The average molecular weight is 431 g/mol. The maximum atomic E-state index is 11.2. The lowest BCUT2D eigenvalue weighted by atomic mass is 10.2. The molecule has 0 aromatic heterocycles. The van der Waals surface area contributed by atoms with Gasteiger partial charge >= 0.3 is 0 Å². The number of hydrogen-bond donors (Lipinski definition) is 0. The Labute approximate surface area is 145 Å². The van der Waals surface area contributed by atoms with Crippen LogP contribution in [-0.2, 0) is 15.7 Å². The quantitative estimate of drug-likeness (QED) is 0.621. The van der Waals surface area contributed by atoms with Crippen molar-refractivity contribution >= 4 is 58.9 Å². The fourth-order valence-corrected chi connectivity index (χ4v) is 3.50. The van der Waals surface area contributed by atoms with E-state index in [1.165, 1.54) is 18.2 Å². The van der Waals surface area contributed by atoms with Crippen molar-refractivity contribution in [3.8, 4) is 5.75 Å². The number of halogens is 4. The molecule has 0 atom stereocenters. The summed E-state index contributed by atoms with van der Waals surface area (Å²) in [6.07, 6.45) is 0. The minimum Gasteiger partial charge on any atom is -0.488 e. The predicted octanol–water partition coefficient (Wildman–Crippen LogP) is 5.26. The van der Waals surface area contributed by atoms with Crippen LogP contribution in [0.3, 0.4) is 0 Å². The topological polar surface area (TPSA) is 43.4 Å². The molecular formula is C13H8BrCl3O3S. The monoisotopic (exact) mass is 428 g/mol. The summed E-state index contributed by atoms with van der Waals surface area (Å²) in [5, 5.41) is 0.997. The van der Waals surface area contributed by atoms with Crippen molar-refractivity contribution < 1.29 is 13.2 Å². The normalized spacial score (nSPS) is 11.4. The first-order chi connectivity index (χ1) is 9.79. The van der Waals surface area contributed by atoms with Crippen LogP contribution in [0.15, 0.2) is 45.8 Å². The van der Waals surface area contributed by atoms with Crippen molar-refractivity contribution in [1.82, 2.24) is 0 Å². The molecule has 8 heteroatoms. The SMILES string of the molecule is O=S(=O)(Cl)c1ccc(OCc2c(Cl)cccc2Cl)c(Br)c1. The van der Waals surface area contributed by atoms with Crippen molar-refractivity contribution in [3.63, 3.8) is 0 Å². The third-order valence-electron chi connectivity index (χ3n) is 2.62. The van der Waals surface area contributed by atoms with Gasteiger partial charge in [-0.3, -0.25) is 0 Å². The van der Waals surface area contributed by atoms with Crippen LogP contribution >= 0.6 is 49.8 Å². The summed E-state index contributed by atoms with van der Waals surface area (Å²) in [5.41, 5.74) is 0.654. The zero-order valence-electron chi connectivity index (χ0n) is 10.3. The highest BCUT2D eigenvalue weighted by atomic mass is 79.9. The minimum absolute atomic E-state index is 0.0147. The molecule has 21 heavy (non-hydrogen) atoms. The van der Waals surface area contributed by atoms with Crippen molar-refractivity contribution in [1.29, 1.82) is 0 Å². The Morgan fingerprint density at radius 1 is 1.10 bits per heavy atom. The second-order valence-corrected chi connectivity index (χ2v) is 8.25. The molecule has 0 heterocycles. The lowest BCUT2D eigenvalue weighted by molar-refractivity contribution is 0.304. The molecule has 0 radical (unpaired) electrons. The summed E-state index contributed by atoms with van der Waals surface area (Å²) in [5.74, 6) is 0.454. The lowest BCUT2D eigenvalue weighted by Crippen LogP contribution is -1.99. The summed E-state index contributed by atoms with van der Waals surface area (Å²) < 4.78 is 28.5. The van der Waals surface area contributed by atoms with Crippen LogP contribution in [0.25, 0.3) is 0 Å². The van der Waals surface area contributed by atoms with Crippen LogP contribution in [0.2, 0.25) is 10.0 Å². The Morgan fingerprint density at radius 3 is 2.24 bits per heavy atom. The van der Waals surface area contributed by atoms with Crippen LogP contribution in [0, 0.1) is 0 Å². The third kappa shape index (κ3) is 4.27. The minimum atomic E-state index is -3.78. The standard InChI is InChI=1S/C13H8BrCl3O3S/c14-10-6-8(21(17,18)19)4-5-13(10)20-7-9-11(15)2-1-3-12(9)16/h1-6H,7H2. The van der Waals surface area contributed by atoms with Gasteiger partial charge in [-0.2, -0.15) is 0 Å². The van der Waals surface area contributed by atoms with E-state index in [1.807, 2.05) is 0 Å². The van der Waals surface area contributed by atoms with Gasteiger partial charge in [-0.05, 0) is 46.3 Å². The number of rotatable bonds is 4. The van der Waals surface area contributed by atoms with Crippen LogP contribution in [-0.4, -0.2) is 8.42 Å². The molecule has 0 N–H and O–H groups in total. The second kappa shape index (κ2) is 6.75. The fraction of sp³-hybridized carbons (Fsp3) is 0.0769. The molecule has 3 nitrogen and oxygen atoms in total. The number of hydrogen-bond acceptors (Lipinski definition) is 3. The molecule has 0 saturated carbocycles. The third-order valence-corrected chi connectivity index (χ3v) is 5.30. The largest absolute Gasteiger partial charge is 0.488 e. The van der Waals surface area contributed by atoms with Gasteiger partial charge in [0.15, 0.2) is 0 Å². The van der Waals surface area contributed by atoms with Gasteiger partial charge < -0.3 is 4.74 Å². The molecule has 2 rings (SSSR count). The van der Waals surface area contributed by atoms with Crippen molar-refractivity contribution in [2.24, 2.45) is 0 Å². The Bertz CT molecular complexity index is 758. The van der Waals surface area contributed by atoms with Gasteiger partial charge in [-0.25, -0.2) is 8.42 Å². The summed E-state index contributed by atoms with van der Waals surface area (Å²) in [6.45, 7) is 0.157. The molecule has 0 aliphatic heterocycles. The van der Waals surface area contributed by atoms with E-state index in [2.05, 4.69) is 15.9 Å². The fourth-order valence-electron chi connectivity index (χ4n) is 1.57. The molecule has 0 unspecified atom stereocenters. The van der Waals surface area contributed by atoms with Gasteiger partial charge in [0.05, 0.1) is 9.37 Å². The highest BCUT2D eigenvalue weighted by Gasteiger charge is 2.13. The van der Waals surface area contributed by atoms with Crippen LogP contribution in [0.1, 0.15) is 5.56 Å². The van der Waals surface area contributed by atoms with Gasteiger partial charge in [-0.15, -0.1) is 0 Å². The highest BCUT2D eigenvalue weighted by molar-refractivity contribution is 9.10. The van der Waals surface area contributed by atoms with Crippen LogP contribution in [0.5, 0.6) is 5.75 Å². The van der Waals surface area contributed by atoms with E-state index >= 15 is 0 Å². The number of ether oxygens (including phenoxy) is 1. The predicted molar refractivity (Wildman–Crippen MR) is 88.0 cm³/mol. The molecule has 0 fully saturated rings. The van der Waals surface area contributed by atoms with Crippen molar-refractivity contribution in [2.75, 3.05) is 0 Å². The molecule has 0 saturated heterocycles. The summed E-state index contributed by atoms with van der Waals surface area (Å²) in [7, 11) is 1.49. The van der Waals surface area contributed by atoms with Crippen LogP contribution < -0.4 is 4.74 Å². The first-order valence-electron chi connectivity index (χ1n) is 5.59. The zero-order valence-corrected chi connectivity index (χ0v) is 15.0. The second-order valence-electron chi connectivity index (χ2n) is 4.02. The highest BCUT2D eigenvalue weighted by Crippen LogP contribution is 2.31. The van der Waals surface area contributed by atoms with E-state index in [-0.39, 0.29) is 11.5 Å². The van der Waals surface area contributed by atoms with E-state index in [0.29, 0.717) is 25.8 Å². The Balaban J connectivity index is 2.22. The summed E-state index contributed by atoms with van der Waals surface area (Å²) in [6, 6.07) is 9.39. The van der Waals surface area contributed by atoms with Gasteiger partial charge in [0, 0.05) is 26.3 Å². The van der Waals surface area contributed by atoms with E-state index < -0.39 is 9.05 Å². The lowest BCUT2D eigenvalue weighted by Gasteiger charge is -2.11. The Morgan fingerprint density at radius 2 is 1.71 bits per heavy atom. The molecular weight excluding hydrogens is 422 g/mol. The molecule has 2 aromatic rings. The van der Waals surface area contributed by atoms with Gasteiger partial charge in [0.25, 0.3) is 9.05 Å². The Kier molecular flexibility index (Phi) is 5.43. The molecule has 0 aliphatic rings. The molecule has 0 bridgehead atoms. The van der Waals surface area contributed by atoms with E-state index in [4.69, 9.17) is 38.6 Å². The van der Waals surface area contributed by atoms with E-state index in [9.17, 15) is 8.42 Å². The molecule has 112 valence electrons.